The van der Waals surface area contributed by atoms with Gasteiger partial charge in [0.05, 0.1) is 6.42 Å². The van der Waals surface area contributed by atoms with Crippen LogP contribution in [0.3, 0.4) is 0 Å². The van der Waals surface area contributed by atoms with Crippen LogP contribution in [0.5, 0.6) is 0 Å². The van der Waals surface area contributed by atoms with Gasteiger partial charge in [0.2, 0.25) is 5.91 Å². The summed E-state index contributed by atoms with van der Waals surface area (Å²) in [4.78, 5) is 58.5. The van der Waals surface area contributed by atoms with E-state index in [9.17, 15) is 28.0 Å². The molecule has 0 saturated carbocycles. The van der Waals surface area contributed by atoms with Gasteiger partial charge in [0.15, 0.2) is 11.6 Å². The molecule has 2 aromatic carbocycles. The van der Waals surface area contributed by atoms with E-state index in [-0.39, 0.29) is 36.9 Å². The molecule has 0 aromatic heterocycles. The summed E-state index contributed by atoms with van der Waals surface area (Å²) >= 11 is 0. The van der Waals surface area contributed by atoms with Gasteiger partial charge in [0.1, 0.15) is 11.5 Å². The van der Waals surface area contributed by atoms with Crippen LogP contribution in [0.15, 0.2) is 42.5 Å². The average Bonchev–Trinajstić information content (AvgIpc) is 3.41. The molecular formula is C27H27F2N5O4. The molecule has 2 heterocycles. The van der Waals surface area contributed by atoms with Crippen LogP contribution in [0, 0.1) is 24.1 Å². The van der Waals surface area contributed by atoms with E-state index in [1.165, 1.54) is 11.9 Å². The second-order valence-electron chi connectivity index (χ2n) is 10.0. The summed E-state index contributed by atoms with van der Waals surface area (Å²) in [6, 6.07) is 8.70. The largest absolute Gasteiger partial charge is 0.325 e. The number of amides is 4. The second kappa shape index (κ2) is 10.2. The molecule has 2 N–H and O–H groups in total. The zero-order chi connectivity index (χ0) is 27.8. The number of nitrogens with zero attached hydrogens (tertiary/aromatic N) is 3. The highest BCUT2D eigenvalue weighted by Gasteiger charge is 2.59. The van der Waals surface area contributed by atoms with Gasteiger partial charge < -0.3 is 15.5 Å². The predicted octanol–water partition coefficient (Wildman–Crippen LogP) is 3.14. The van der Waals surface area contributed by atoms with E-state index in [4.69, 9.17) is 6.57 Å². The number of likely N-dealkylation sites (N-methyl/N-ethyl adjacent to an activating group) is 1. The van der Waals surface area contributed by atoms with Gasteiger partial charge in [-0.25, -0.2) is 15.4 Å². The van der Waals surface area contributed by atoms with Gasteiger partial charge in [0, 0.05) is 31.0 Å². The normalized spacial score (nSPS) is 20.6. The predicted molar refractivity (Wildman–Crippen MR) is 134 cm³/mol. The fourth-order valence-electron chi connectivity index (χ4n) is 5.08. The SMILES string of the molecule is [C-]#[N+][C@@H]1C[C@@]2(CN1C(=O)[C@H](CC(C)C)N(C)C(=O)C(=O)Nc1ccc(F)c(F)c1)C(=O)Nc1ccccc12. The number of carbonyl (C=O) groups is 4. The molecule has 38 heavy (non-hydrogen) atoms. The smallest absolute Gasteiger partial charge is 0.313 e. The Labute approximate surface area is 218 Å². The van der Waals surface area contributed by atoms with Crippen molar-refractivity contribution in [1.29, 1.82) is 0 Å². The molecule has 2 aliphatic rings. The Morgan fingerprint density at radius 1 is 1.21 bits per heavy atom. The number of para-hydroxylation sites is 1. The number of hydrogen-bond donors (Lipinski definition) is 2. The molecule has 1 fully saturated rings. The number of anilines is 2. The molecule has 2 aliphatic heterocycles. The van der Waals surface area contributed by atoms with E-state index < -0.39 is 47.0 Å². The number of nitrogens with one attached hydrogen (secondary N) is 2. The third kappa shape index (κ3) is 4.69. The maximum atomic E-state index is 13.9. The van der Waals surface area contributed by atoms with E-state index in [1.807, 2.05) is 13.8 Å². The number of fused-ring (bicyclic) bond motifs is 2. The number of halogens is 2. The fourth-order valence-corrected chi connectivity index (χ4v) is 5.08. The number of hydrogen-bond acceptors (Lipinski definition) is 4. The fraction of sp³-hybridized carbons (Fsp3) is 0.370. The van der Waals surface area contributed by atoms with Crippen LogP contribution < -0.4 is 10.6 Å². The molecule has 9 nitrogen and oxygen atoms in total. The van der Waals surface area contributed by atoms with Crippen molar-refractivity contribution in [2.75, 3.05) is 24.2 Å². The maximum absolute atomic E-state index is 13.9. The summed E-state index contributed by atoms with van der Waals surface area (Å²) < 4.78 is 26.7. The minimum atomic E-state index is -1.19. The van der Waals surface area contributed by atoms with Crippen LogP contribution in [0.25, 0.3) is 4.85 Å². The third-order valence-corrected chi connectivity index (χ3v) is 7.03. The Morgan fingerprint density at radius 3 is 2.58 bits per heavy atom. The molecule has 0 radical (unpaired) electrons. The van der Waals surface area contributed by atoms with Gasteiger partial charge >= 0.3 is 18.0 Å². The van der Waals surface area contributed by atoms with Crippen molar-refractivity contribution < 1.29 is 28.0 Å². The number of carbonyl (C=O) groups excluding carboxylic acids is 4. The molecule has 11 heteroatoms. The first-order valence-corrected chi connectivity index (χ1v) is 12.1. The van der Waals surface area contributed by atoms with Gasteiger partial charge in [0.25, 0.3) is 5.91 Å². The van der Waals surface area contributed by atoms with Crippen molar-refractivity contribution in [2.45, 2.75) is 44.3 Å². The van der Waals surface area contributed by atoms with Crippen molar-refractivity contribution >= 4 is 35.0 Å². The standard InChI is InChI=1S/C27H27F2N5O4/c1-15(2)11-21(33(4)25(37)23(35)31-16-9-10-18(28)19(29)12-16)24(36)34-14-27(13-22(34)30-3)17-7-5-6-8-20(17)32-26(27)38/h5-10,12,15,21-22H,11,13-14H2,1-2,4H3,(H,31,35)(H,32,38)/t21-,22-,27-/m0/s1. The quantitative estimate of drug-likeness (QED) is 0.464. The summed E-state index contributed by atoms with van der Waals surface area (Å²) in [5.41, 5.74) is 0.138. The molecule has 2 aromatic rings. The summed E-state index contributed by atoms with van der Waals surface area (Å²) in [5.74, 6) is -5.40. The molecule has 4 amide bonds. The molecule has 0 aliphatic carbocycles. The Bertz CT molecular complexity index is 1360. The zero-order valence-electron chi connectivity index (χ0n) is 21.1. The molecule has 0 bridgehead atoms. The first-order valence-electron chi connectivity index (χ1n) is 12.1. The molecule has 198 valence electrons. The summed E-state index contributed by atoms with van der Waals surface area (Å²) in [6.45, 7) is 11.4. The van der Waals surface area contributed by atoms with E-state index in [0.717, 1.165) is 23.1 Å². The van der Waals surface area contributed by atoms with Crippen molar-refractivity contribution in [1.82, 2.24) is 9.80 Å². The Kier molecular flexibility index (Phi) is 7.18. The third-order valence-electron chi connectivity index (χ3n) is 7.03. The highest BCUT2D eigenvalue weighted by atomic mass is 19.2. The Morgan fingerprint density at radius 2 is 1.92 bits per heavy atom. The minimum absolute atomic E-state index is 0.0423. The van der Waals surface area contributed by atoms with Crippen molar-refractivity contribution in [3.63, 3.8) is 0 Å². The lowest BCUT2D eigenvalue weighted by Gasteiger charge is -2.31. The van der Waals surface area contributed by atoms with Crippen LogP contribution in [-0.4, -0.2) is 59.2 Å². The van der Waals surface area contributed by atoms with E-state index in [2.05, 4.69) is 15.5 Å². The zero-order valence-corrected chi connectivity index (χ0v) is 21.1. The topological polar surface area (TPSA) is 103 Å². The van der Waals surface area contributed by atoms with Crippen LogP contribution >= 0.6 is 0 Å². The van der Waals surface area contributed by atoms with Gasteiger partial charge in [-0.2, -0.15) is 0 Å². The number of likely N-dealkylation sites (tertiary alicyclic amines) is 1. The Balaban J connectivity index is 1.58. The van der Waals surface area contributed by atoms with E-state index in [0.29, 0.717) is 11.3 Å². The van der Waals surface area contributed by atoms with E-state index in [1.54, 1.807) is 24.3 Å². The molecule has 0 unspecified atom stereocenters. The summed E-state index contributed by atoms with van der Waals surface area (Å²) in [5, 5.41) is 5.06. The number of rotatable bonds is 5. The minimum Gasteiger partial charge on any atom is -0.325 e. The number of benzene rings is 2. The maximum Gasteiger partial charge on any atom is 0.313 e. The second-order valence-corrected chi connectivity index (χ2v) is 10.0. The Hall–Kier alpha value is -4.33. The molecule has 1 saturated heterocycles. The van der Waals surface area contributed by atoms with E-state index >= 15 is 0 Å². The van der Waals surface area contributed by atoms with Crippen molar-refractivity contribution in [2.24, 2.45) is 5.92 Å². The van der Waals surface area contributed by atoms with Crippen LogP contribution in [0.2, 0.25) is 0 Å². The van der Waals surface area contributed by atoms with Crippen LogP contribution in [-0.2, 0) is 24.6 Å². The summed E-state index contributed by atoms with van der Waals surface area (Å²) in [7, 11) is 1.30. The van der Waals surface area contributed by atoms with Gasteiger partial charge in [-0.1, -0.05) is 32.0 Å². The first kappa shape index (κ1) is 26.7. The highest BCUT2D eigenvalue weighted by molar-refractivity contribution is 6.39. The lowest BCUT2D eigenvalue weighted by atomic mass is 9.80. The lowest BCUT2D eigenvalue weighted by molar-refractivity contribution is -0.149. The first-order chi connectivity index (χ1) is 18.0. The monoisotopic (exact) mass is 523 g/mol. The van der Waals surface area contributed by atoms with Crippen molar-refractivity contribution in [3.8, 4) is 0 Å². The highest BCUT2D eigenvalue weighted by Crippen LogP contribution is 2.47. The average molecular weight is 524 g/mol. The van der Waals surface area contributed by atoms with Gasteiger partial charge in [-0.15, -0.1) is 0 Å². The molecule has 4 rings (SSSR count). The van der Waals surface area contributed by atoms with Gasteiger partial charge in [-0.05, 0) is 36.1 Å². The molecule has 1 spiro atoms. The van der Waals surface area contributed by atoms with Crippen molar-refractivity contribution in [3.05, 3.63) is 71.1 Å². The molecular weight excluding hydrogens is 496 g/mol. The van der Waals surface area contributed by atoms with Crippen LogP contribution in [0.1, 0.15) is 32.3 Å². The lowest BCUT2D eigenvalue weighted by Crippen LogP contribution is -2.53. The van der Waals surface area contributed by atoms with Crippen LogP contribution in [0.4, 0.5) is 20.2 Å². The summed E-state index contributed by atoms with van der Waals surface area (Å²) in [6.07, 6.45) is -0.641. The van der Waals surface area contributed by atoms with Gasteiger partial charge in [-0.3, -0.25) is 28.9 Å². The molecule has 3 atom stereocenters.